The van der Waals surface area contributed by atoms with Crippen molar-refractivity contribution >= 4 is 54.0 Å². The summed E-state index contributed by atoms with van der Waals surface area (Å²) in [6.07, 6.45) is 0.749. The maximum Gasteiger partial charge on any atom is 0.244 e. The van der Waals surface area contributed by atoms with Gasteiger partial charge in [-0.15, -0.1) is 11.3 Å². The van der Waals surface area contributed by atoms with Crippen molar-refractivity contribution in [1.29, 1.82) is 0 Å². The van der Waals surface area contributed by atoms with Crippen LogP contribution in [0.3, 0.4) is 0 Å². The zero-order valence-corrected chi connectivity index (χ0v) is 21.5. The van der Waals surface area contributed by atoms with Crippen molar-refractivity contribution < 1.29 is 13.2 Å². The third kappa shape index (κ3) is 5.28. The average molecular weight is 557 g/mol. The Hall–Kier alpha value is -1.65. The lowest BCUT2D eigenvalue weighted by Crippen LogP contribution is -2.48. The summed E-state index contributed by atoms with van der Waals surface area (Å²) >= 11 is 11.1. The van der Waals surface area contributed by atoms with E-state index in [0.29, 0.717) is 32.8 Å². The Morgan fingerprint density at radius 3 is 2.50 bits per heavy atom. The molecule has 0 spiro atoms. The van der Waals surface area contributed by atoms with E-state index in [4.69, 9.17) is 21.3 Å². The number of thiazole rings is 1. The molecule has 1 aliphatic heterocycles. The van der Waals surface area contributed by atoms with Crippen LogP contribution < -0.4 is 9.64 Å². The van der Waals surface area contributed by atoms with E-state index in [-0.39, 0.29) is 9.92 Å². The molecule has 2 aromatic carbocycles. The van der Waals surface area contributed by atoms with Gasteiger partial charge in [-0.1, -0.05) is 39.7 Å². The van der Waals surface area contributed by atoms with Gasteiger partial charge in [0.2, 0.25) is 10.0 Å². The molecule has 1 saturated heterocycles. The Morgan fingerprint density at radius 2 is 1.84 bits per heavy atom. The minimum Gasteiger partial charge on any atom is -0.494 e. The maximum atomic E-state index is 13.0. The van der Waals surface area contributed by atoms with E-state index in [1.54, 1.807) is 29.5 Å². The number of aromatic nitrogens is 1. The van der Waals surface area contributed by atoms with Crippen molar-refractivity contribution in [3.63, 3.8) is 0 Å². The summed E-state index contributed by atoms with van der Waals surface area (Å²) in [7, 11) is -3.63. The molecule has 0 saturated carbocycles. The first-order valence-electron chi connectivity index (χ1n) is 10.2. The van der Waals surface area contributed by atoms with Crippen LogP contribution in [-0.2, 0) is 16.4 Å². The van der Waals surface area contributed by atoms with Crippen LogP contribution in [0.4, 0.5) is 5.13 Å². The molecule has 0 unspecified atom stereocenters. The Bertz CT molecular complexity index is 1180. The zero-order valence-electron chi connectivity index (χ0n) is 17.5. The second-order valence-electron chi connectivity index (χ2n) is 7.34. The highest BCUT2D eigenvalue weighted by atomic mass is 79.9. The molecular formula is C22H23BrClN3O3S2. The first-order valence-corrected chi connectivity index (χ1v) is 13.7. The Morgan fingerprint density at radius 1 is 1.12 bits per heavy atom. The standard InChI is InChI=1S/C22H23BrClN3O3S2/c1-2-30-19-6-3-16(4-7-19)13-18-15-31-22(25-18)26-9-11-27(12-10-26)32(28,29)21-8-5-17(23)14-20(21)24/h3-8,14-15H,2,9-13H2,1H3. The molecule has 1 aromatic heterocycles. The summed E-state index contributed by atoms with van der Waals surface area (Å²) in [6, 6.07) is 12.9. The van der Waals surface area contributed by atoms with E-state index in [0.717, 1.165) is 27.5 Å². The van der Waals surface area contributed by atoms with Gasteiger partial charge in [-0.05, 0) is 42.8 Å². The minimum absolute atomic E-state index is 0.141. The smallest absolute Gasteiger partial charge is 0.244 e. The number of piperazine rings is 1. The van der Waals surface area contributed by atoms with Crippen LogP contribution in [0, 0.1) is 0 Å². The third-order valence-corrected chi connectivity index (χ3v) is 9.01. The number of rotatable bonds is 7. The fraction of sp³-hybridized carbons (Fsp3) is 0.318. The SMILES string of the molecule is CCOc1ccc(Cc2csc(N3CCN(S(=O)(=O)c4ccc(Br)cc4Cl)CC3)n2)cc1. The summed E-state index contributed by atoms with van der Waals surface area (Å²) in [5.41, 5.74) is 2.18. The molecule has 170 valence electrons. The van der Waals surface area contributed by atoms with Crippen molar-refractivity contribution in [2.45, 2.75) is 18.2 Å². The predicted molar refractivity (Wildman–Crippen MR) is 133 cm³/mol. The van der Waals surface area contributed by atoms with Crippen molar-refractivity contribution in [3.05, 3.63) is 68.6 Å². The number of sulfonamides is 1. The summed E-state index contributed by atoms with van der Waals surface area (Å²) in [4.78, 5) is 7.06. The van der Waals surface area contributed by atoms with Gasteiger partial charge < -0.3 is 9.64 Å². The number of anilines is 1. The van der Waals surface area contributed by atoms with Crippen molar-refractivity contribution in [1.82, 2.24) is 9.29 Å². The van der Waals surface area contributed by atoms with Gasteiger partial charge in [0.05, 0.1) is 17.3 Å². The highest BCUT2D eigenvalue weighted by Gasteiger charge is 2.30. The van der Waals surface area contributed by atoms with Gasteiger partial charge >= 0.3 is 0 Å². The lowest BCUT2D eigenvalue weighted by molar-refractivity contribution is 0.340. The van der Waals surface area contributed by atoms with Crippen LogP contribution in [0.1, 0.15) is 18.2 Å². The predicted octanol–water partition coefficient (Wildman–Crippen LogP) is 5.06. The van der Waals surface area contributed by atoms with E-state index in [1.165, 1.54) is 9.87 Å². The lowest BCUT2D eigenvalue weighted by Gasteiger charge is -2.34. The first-order chi connectivity index (χ1) is 15.4. The van der Waals surface area contributed by atoms with Crippen LogP contribution in [-0.4, -0.2) is 50.5 Å². The average Bonchev–Trinajstić information content (AvgIpc) is 3.24. The molecule has 10 heteroatoms. The van der Waals surface area contributed by atoms with E-state index in [9.17, 15) is 8.42 Å². The van der Waals surface area contributed by atoms with Crippen LogP contribution in [0.25, 0.3) is 0 Å². The molecule has 0 radical (unpaired) electrons. The summed E-state index contributed by atoms with van der Waals surface area (Å²) in [5.74, 6) is 0.868. The van der Waals surface area contributed by atoms with Crippen molar-refractivity contribution in [2.75, 3.05) is 37.7 Å². The zero-order chi connectivity index (χ0) is 22.7. The van der Waals surface area contributed by atoms with Crippen LogP contribution in [0.2, 0.25) is 5.02 Å². The fourth-order valence-corrected chi connectivity index (χ4v) is 6.86. The maximum absolute atomic E-state index is 13.0. The molecule has 1 fully saturated rings. The number of nitrogens with zero attached hydrogens (tertiary/aromatic N) is 3. The third-order valence-electron chi connectivity index (χ3n) is 5.18. The van der Waals surface area contributed by atoms with Crippen molar-refractivity contribution in [3.8, 4) is 5.75 Å². The van der Waals surface area contributed by atoms with E-state index in [1.807, 2.05) is 19.1 Å². The highest BCUT2D eigenvalue weighted by molar-refractivity contribution is 9.10. The minimum atomic E-state index is -3.63. The molecule has 6 nitrogen and oxygen atoms in total. The highest BCUT2D eigenvalue weighted by Crippen LogP contribution is 2.30. The Kier molecular flexibility index (Phi) is 7.41. The number of halogens is 2. The van der Waals surface area contributed by atoms with Crippen LogP contribution in [0.5, 0.6) is 5.75 Å². The van der Waals surface area contributed by atoms with Gasteiger partial charge in [0.25, 0.3) is 0 Å². The van der Waals surface area contributed by atoms with Gasteiger partial charge in [0.1, 0.15) is 10.6 Å². The first kappa shape index (κ1) is 23.5. The van der Waals surface area contributed by atoms with E-state index >= 15 is 0 Å². The normalized spacial score (nSPS) is 15.2. The molecule has 2 heterocycles. The molecule has 0 N–H and O–H groups in total. The lowest BCUT2D eigenvalue weighted by atomic mass is 10.1. The Labute approximate surface area is 206 Å². The second kappa shape index (κ2) is 10.1. The summed E-state index contributed by atoms with van der Waals surface area (Å²) in [5, 5.41) is 3.21. The van der Waals surface area contributed by atoms with E-state index in [2.05, 4.69) is 38.3 Å². The molecule has 0 bridgehead atoms. The van der Waals surface area contributed by atoms with Gasteiger partial charge in [-0.25, -0.2) is 13.4 Å². The van der Waals surface area contributed by atoms with Gasteiger partial charge in [0, 0.05) is 42.5 Å². The molecule has 0 amide bonds. The van der Waals surface area contributed by atoms with Crippen molar-refractivity contribution in [2.24, 2.45) is 0 Å². The fourth-order valence-electron chi connectivity index (χ4n) is 3.55. The molecule has 4 rings (SSSR count). The topological polar surface area (TPSA) is 62.7 Å². The second-order valence-corrected chi connectivity index (χ2v) is 11.4. The monoisotopic (exact) mass is 555 g/mol. The van der Waals surface area contributed by atoms with Gasteiger partial charge in [-0.2, -0.15) is 4.31 Å². The van der Waals surface area contributed by atoms with Gasteiger partial charge in [-0.3, -0.25) is 0 Å². The molecular weight excluding hydrogens is 534 g/mol. The van der Waals surface area contributed by atoms with E-state index < -0.39 is 10.0 Å². The Balaban J connectivity index is 1.38. The van der Waals surface area contributed by atoms with Crippen LogP contribution in [0.15, 0.2) is 57.2 Å². The summed E-state index contributed by atoms with van der Waals surface area (Å²) < 4.78 is 33.8. The van der Waals surface area contributed by atoms with Crippen LogP contribution >= 0.6 is 38.9 Å². The number of hydrogen-bond donors (Lipinski definition) is 0. The molecule has 1 aliphatic rings. The number of ether oxygens (including phenoxy) is 1. The molecule has 3 aromatic rings. The van der Waals surface area contributed by atoms with Gasteiger partial charge in [0.15, 0.2) is 5.13 Å². The number of hydrogen-bond acceptors (Lipinski definition) is 6. The quantitative estimate of drug-likeness (QED) is 0.407. The molecule has 32 heavy (non-hydrogen) atoms. The summed E-state index contributed by atoms with van der Waals surface area (Å²) in [6.45, 7) is 4.58. The number of benzene rings is 2. The molecule has 0 aliphatic carbocycles. The largest absolute Gasteiger partial charge is 0.494 e. The molecule has 0 atom stereocenters.